The largest absolute Gasteiger partial charge is 0.326 e. The zero-order chi connectivity index (χ0) is 10.5. The molecule has 0 heterocycles. The first kappa shape index (κ1) is 10.1. The summed E-state index contributed by atoms with van der Waals surface area (Å²) in [5, 5.41) is 2.95. The molecule has 0 saturated carbocycles. The van der Waals surface area contributed by atoms with Crippen molar-refractivity contribution in [2.75, 3.05) is 0 Å². The molecule has 0 aliphatic heterocycles. The van der Waals surface area contributed by atoms with Gasteiger partial charge in [-0.05, 0) is 5.56 Å². The van der Waals surface area contributed by atoms with Crippen LogP contribution >= 0.6 is 0 Å². The molecule has 0 saturated heterocycles. The molecule has 0 spiro atoms. The van der Waals surface area contributed by atoms with E-state index in [1.54, 1.807) is 0 Å². The molecule has 2 heteroatoms. The first-order chi connectivity index (χ1) is 7.38. The van der Waals surface area contributed by atoms with Crippen molar-refractivity contribution in [3.05, 3.63) is 60.2 Å². The lowest BCUT2D eigenvalue weighted by molar-refractivity contribution is 1.07. The molecule has 2 rings (SSSR count). The molecule has 1 nitrogen and oxygen atoms in total. The zero-order valence-electron chi connectivity index (χ0n) is 8.69. The molecule has 0 aliphatic carbocycles. The quantitative estimate of drug-likeness (QED) is 0.728. The van der Waals surface area contributed by atoms with E-state index in [2.05, 4.69) is 54.6 Å². The van der Waals surface area contributed by atoms with Gasteiger partial charge in [0.1, 0.15) is 0 Å². The normalized spacial score (nSPS) is 11.0. The predicted octanol–water partition coefficient (Wildman–Crippen LogP) is 0.265. The number of rotatable bonds is 3. The maximum absolute atomic E-state index is 5.56. The van der Waals surface area contributed by atoms with Crippen LogP contribution in [0.4, 0.5) is 0 Å². The Morgan fingerprint density at radius 2 is 1.40 bits per heavy atom. The predicted molar refractivity (Wildman–Crippen MR) is 68.6 cm³/mol. The summed E-state index contributed by atoms with van der Waals surface area (Å²) in [5.74, 6) is 0. The second-order valence-corrected chi connectivity index (χ2v) is 5.67. The SMILES string of the molecule is NCc1ccc([SiH2]c2ccccc2)cc1. The van der Waals surface area contributed by atoms with Crippen molar-refractivity contribution in [3.8, 4) is 0 Å². The van der Waals surface area contributed by atoms with Crippen molar-refractivity contribution in [2.45, 2.75) is 6.54 Å². The van der Waals surface area contributed by atoms with Crippen LogP contribution < -0.4 is 16.1 Å². The van der Waals surface area contributed by atoms with Gasteiger partial charge in [0.05, 0.1) is 9.52 Å². The lowest BCUT2D eigenvalue weighted by Gasteiger charge is -2.02. The Kier molecular flexibility index (Phi) is 3.32. The highest BCUT2D eigenvalue weighted by molar-refractivity contribution is 6.67. The average Bonchev–Trinajstić information content (AvgIpc) is 2.31. The molecule has 15 heavy (non-hydrogen) atoms. The van der Waals surface area contributed by atoms with Crippen molar-refractivity contribution in [2.24, 2.45) is 5.73 Å². The van der Waals surface area contributed by atoms with Gasteiger partial charge in [-0.3, -0.25) is 0 Å². The van der Waals surface area contributed by atoms with Gasteiger partial charge in [0.25, 0.3) is 0 Å². The van der Waals surface area contributed by atoms with Gasteiger partial charge in [0.2, 0.25) is 0 Å². The highest BCUT2D eigenvalue weighted by Gasteiger charge is 1.96. The maximum Gasteiger partial charge on any atom is 0.0875 e. The van der Waals surface area contributed by atoms with Crippen LogP contribution in [0.5, 0.6) is 0 Å². The van der Waals surface area contributed by atoms with Gasteiger partial charge >= 0.3 is 0 Å². The standard InChI is InChI=1S/C13H15NSi/c14-10-11-6-8-13(9-7-11)15-12-4-2-1-3-5-12/h1-9H,10,14-15H2. The van der Waals surface area contributed by atoms with Crippen LogP contribution in [-0.4, -0.2) is 9.52 Å². The third kappa shape index (κ3) is 2.78. The average molecular weight is 213 g/mol. The van der Waals surface area contributed by atoms with Gasteiger partial charge in [-0.15, -0.1) is 0 Å². The van der Waals surface area contributed by atoms with Crippen molar-refractivity contribution < 1.29 is 0 Å². The lowest BCUT2D eigenvalue weighted by atomic mass is 10.2. The first-order valence-corrected chi connectivity index (χ1v) is 6.62. The highest BCUT2D eigenvalue weighted by Crippen LogP contribution is 1.94. The summed E-state index contributed by atoms with van der Waals surface area (Å²) < 4.78 is 0. The van der Waals surface area contributed by atoms with E-state index in [-0.39, 0.29) is 9.52 Å². The van der Waals surface area contributed by atoms with E-state index >= 15 is 0 Å². The molecule has 0 atom stereocenters. The molecule has 2 aromatic rings. The first-order valence-electron chi connectivity index (χ1n) is 5.20. The van der Waals surface area contributed by atoms with Crippen LogP contribution in [0.2, 0.25) is 0 Å². The van der Waals surface area contributed by atoms with E-state index in [4.69, 9.17) is 5.73 Å². The summed E-state index contributed by atoms with van der Waals surface area (Å²) in [6, 6.07) is 19.4. The van der Waals surface area contributed by atoms with E-state index in [1.807, 2.05) is 0 Å². The van der Waals surface area contributed by atoms with Crippen LogP contribution in [0.15, 0.2) is 54.6 Å². The number of benzene rings is 2. The molecule has 0 unspecified atom stereocenters. The fourth-order valence-electron chi connectivity index (χ4n) is 1.62. The summed E-state index contributed by atoms with van der Waals surface area (Å²) in [4.78, 5) is 0. The number of nitrogens with two attached hydrogens (primary N) is 1. The third-order valence-corrected chi connectivity index (χ3v) is 4.27. The summed E-state index contributed by atoms with van der Waals surface area (Å²) in [6.07, 6.45) is 0. The van der Waals surface area contributed by atoms with E-state index in [0.29, 0.717) is 6.54 Å². The Morgan fingerprint density at radius 1 is 0.800 bits per heavy atom. The Hall–Kier alpha value is -1.38. The second kappa shape index (κ2) is 4.91. The molecule has 76 valence electrons. The molecule has 0 radical (unpaired) electrons. The van der Waals surface area contributed by atoms with Crippen molar-refractivity contribution in [1.29, 1.82) is 0 Å². The van der Waals surface area contributed by atoms with Crippen LogP contribution in [0.25, 0.3) is 0 Å². The Labute approximate surface area is 92.8 Å². The van der Waals surface area contributed by atoms with Gasteiger partial charge in [-0.2, -0.15) is 0 Å². The van der Waals surface area contributed by atoms with Gasteiger partial charge in [-0.1, -0.05) is 65.0 Å². The van der Waals surface area contributed by atoms with E-state index < -0.39 is 0 Å². The van der Waals surface area contributed by atoms with Crippen LogP contribution in [0, 0.1) is 0 Å². The molecular formula is C13H15NSi. The van der Waals surface area contributed by atoms with Gasteiger partial charge in [-0.25, -0.2) is 0 Å². The Bertz CT molecular complexity index is 408. The fourth-order valence-corrected chi connectivity index (χ4v) is 3.08. The van der Waals surface area contributed by atoms with E-state index in [9.17, 15) is 0 Å². The second-order valence-electron chi connectivity index (χ2n) is 3.68. The summed E-state index contributed by atoms with van der Waals surface area (Å²) in [6.45, 7) is 0.632. The molecular weight excluding hydrogens is 198 g/mol. The molecule has 2 aromatic carbocycles. The minimum Gasteiger partial charge on any atom is -0.326 e. The van der Waals surface area contributed by atoms with Crippen molar-refractivity contribution in [1.82, 2.24) is 0 Å². The minimum atomic E-state index is -0.299. The summed E-state index contributed by atoms with van der Waals surface area (Å²) >= 11 is 0. The summed E-state index contributed by atoms with van der Waals surface area (Å²) in [5.41, 5.74) is 6.77. The molecule has 0 fully saturated rings. The molecule has 0 bridgehead atoms. The topological polar surface area (TPSA) is 26.0 Å². The van der Waals surface area contributed by atoms with Crippen LogP contribution in [0.3, 0.4) is 0 Å². The monoisotopic (exact) mass is 213 g/mol. The molecule has 0 aromatic heterocycles. The molecule has 0 amide bonds. The van der Waals surface area contributed by atoms with Crippen LogP contribution in [-0.2, 0) is 6.54 Å². The van der Waals surface area contributed by atoms with E-state index in [1.165, 1.54) is 15.9 Å². The van der Waals surface area contributed by atoms with Crippen molar-refractivity contribution in [3.63, 3.8) is 0 Å². The highest BCUT2D eigenvalue weighted by atomic mass is 28.2. The number of hydrogen-bond acceptors (Lipinski definition) is 1. The minimum absolute atomic E-state index is 0.299. The number of hydrogen-bond donors (Lipinski definition) is 1. The van der Waals surface area contributed by atoms with Gasteiger partial charge in [0.15, 0.2) is 0 Å². The maximum atomic E-state index is 5.56. The molecule has 2 N–H and O–H groups in total. The smallest absolute Gasteiger partial charge is 0.0875 e. The van der Waals surface area contributed by atoms with E-state index in [0.717, 1.165) is 0 Å². The zero-order valence-corrected chi connectivity index (χ0v) is 10.1. The fraction of sp³-hybridized carbons (Fsp3) is 0.0769. The molecule has 0 aliphatic rings. The Morgan fingerprint density at radius 3 is 2.00 bits per heavy atom. The van der Waals surface area contributed by atoms with Crippen molar-refractivity contribution >= 4 is 19.9 Å². The van der Waals surface area contributed by atoms with Gasteiger partial charge in [0, 0.05) is 6.54 Å². The lowest BCUT2D eigenvalue weighted by Crippen LogP contribution is -2.26. The third-order valence-electron chi connectivity index (χ3n) is 2.51. The summed E-state index contributed by atoms with van der Waals surface area (Å²) in [7, 11) is -0.299. The Balaban J connectivity index is 2.11. The van der Waals surface area contributed by atoms with Crippen LogP contribution in [0.1, 0.15) is 5.56 Å². The van der Waals surface area contributed by atoms with Gasteiger partial charge < -0.3 is 5.73 Å².